The fourth-order valence-electron chi connectivity index (χ4n) is 2.10. The maximum atomic E-state index is 12.0. The van der Waals surface area contributed by atoms with Crippen molar-refractivity contribution in [3.63, 3.8) is 0 Å². The van der Waals surface area contributed by atoms with E-state index in [0.717, 1.165) is 0 Å². The average molecular weight is 348 g/mol. The van der Waals surface area contributed by atoms with Crippen molar-refractivity contribution in [1.82, 2.24) is 0 Å². The Hall–Kier alpha value is -2.53. The van der Waals surface area contributed by atoms with Crippen LogP contribution < -0.4 is 9.64 Å². The Morgan fingerprint density at radius 1 is 1.00 bits per heavy atom. The molecule has 1 N–H and O–H groups in total. The van der Waals surface area contributed by atoms with Gasteiger partial charge in [0.2, 0.25) is 5.91 Å². The van der Waals surface area contributed by atoms with Crippen molar-refractivity contribution in [2.75, 3.05) is 4.90 Å². The van der Waals surface area contributed by atoms with Crippen molar-refractivity contribution in [3.8, 4) is 5.75 Å². The molecule has 6 heteroatoms. The van der Waals surface area contributed by atoms with Crippen LogP contribution in [0.4, 0.5) is 11.4 Å². The van der Waals surface area contributed by atoms with Gasteiger partial charge in [0.05, 0.1) is 0 Å². The normalized spacial score (nSPS) is 11.0. The largest absolute Gasteiger partial charge is 0.478 e. The summed E-state index contributed by atoms with van der Waals surface area (Å²) in [6, 6.07) is 13.6. The Bertz CT molecular complexity index is 739. The zero-order valence-corrected chi connectivity index (χ0v) is 14.4. The molecule has 0 radical (unpaired) electrons. The molecular formula is C18H18ClNO4. The van der Waals surface area contributed by atoms with Crippen molar-refractivity contribution >= 4 is 34.9 Å². The number of halogens is 1. The molecule has 0 atom stereocenters. The molecule has 24 heavy (non-hydrogen) atoms. The van der Waals surface area contributed by atoms with Crippen molar-refractivity contribution in [2.24, 2.45) is 0 Å². The van der Waals surface area contributed by atoms with Crippen LogP contribution in [-0.2, 0) is 9.59 Å². The number of hydrogen-bond acceptors (Lipinski definition) is 3. The van der Waals surface area contributed by atoms with E-state index < -0.39 is 11.6 Å². The Labute approximate surface area is 145 Å². The van der Waals surface area contributed by atoms with Gasteiger partial charge in [-0.2, -0.15) is 0 Å². The van der Waals surface area contributed by atoms with E-state index in [1.165, 1.54) is 25.7 Å². The summed E-state index contributed by atoms with van der Waals surface area (Å²) in [5.41, 5.74) is -0.00505. The van der Waals surface area contributed by atoms with Crippen molar-refractivity contribution < 1.29 is 19.4 Å². The smallest absolute Gasteiger partial charge is 0.347 e. The first-order valence-corrected chi connectivity index (χ1v) is 7.67. The molecule has 0 aromatic heterocycles. The molecule has 0 saturated heterocycles. The first-order chi connectivity index (χ1) is 11.2. The minimum absolute atomic E-state index is 0.156. The van der Waals surface area contributed by atoms with Crippen LogP contribution in [0, 0.1) is 0 Å². The lowest BCUT2D eigenvalue weighted by atomic mass is 10.1. The van der Waals surface area contributed by atoms with E-state index in [1.807, 2.05) is 0 Å². The maximum Gasteiger partial charge on any atom is 0.347 e. The molecule has 0 unspecified atom stereocenters. The van der Waals surface area contributed by atoms with Crippen LogP contribution in [0.15, 0.2) is 48.5 Å². The summed E-state index contributed by atoms with van der Waals surface area (Å²) in [5, 5.41) is 9.69. The van der Waals surface area contributed by atoms with Crippen LogP contribution in [-0.4, -0.2) is 22.6 Å². The molecule has 0 saturated carbocycles. The minimum atomic E-state index is -1.34. The fourth-order valence-corrected chi connectivity index (χ4v) is 2.23. The van der Waals surface area contributed by atoms with Gasteiger partial charge >= 0.3 is 5.97 Å². The quantitative estimate of drug-likeness (QED) is 0.877. The van der Waals surface area contributed by atoms with Gasteiger partial charge in [0.1, 0.15) is 5.75 Å². The van der Waals surface area contributed by atoms with Gasteiger partial charge in [-0.3, -0.25) is 9.69 Å². The molecule has 0 aliphatic heterocycles. The highest BCUT2D eigenvalue weighted by atomic mass is 35.5. The first-order valence-electron chi connectivity index (χ1n) is 7.29. The number of carbonyl (C=O) groups excluding carboxylic acids is 1. The van der Waals surface area contributed by atoms with Crippen LogP contribution in [0.5, 0.6) is 5.75 Å². The molecule has 0 aliphatic carbocycles. The number of amides is 1. The lowest BCUT2D eigenvalue weighted by Crippen LogP contribution is -2.37. The van der Waals surface area contributed by atoms with E-state index in [9.17, 15) is 9.59 Å². The molecule has 2 rings (SSSR count). The van der Waals surface area contributed by atoms with Gasteiger partial charge in [-0.25, -0.2) is 4.79 Å². The summed E-state index contributed by atoms with van der Waals surface area (Å²) >= 11 is 5.88. The molecule has 2 aromatic rings. The number of benzene rings is 2. The lowest BCUT2D eigenvalue weighted by molar-refractivity contribution is -0.152. The van der Waals surface area contributed by atoms with Gasteiger partial charge in [-0.1, -0.05) is 11.6 Å². The summed E-state index contributed by atoms with van der Waals surface area (Å²) < 4.78 is 5.46. The zero-order valence-electron chi connectivity index (χ0n) is 13.6. The fraction of sp³-hybridized carbons (Fsp3) is 0.222. The Morgan fingerprint density at radius 2 is 1.46 bits per heavy atom. The summed E-state index contributed by atoms with van der Waals surface area (Å²) in [6.45, 7) is 4.41. The Morgan fingerprint density at radius 3 is 1.88 bits per heavy atom. The van der Waals surface area contributed by atoms with E-state index in [2.05, 4.69) is 0 Å². The van der Waals surface area contributed by atoms with E-state index >= 15 is 0 Å². The number of carboxylic acids is 1. The van der Waals surface area contributed by atoms with E-state index in [0.29, 0.717) is 22.1 Å². The maximum absolute atomic E-state index is 12.0. The number of aliphatic carboxylic acids is 1. The predicted octanol–water partition coefficient (Wildman–Crippen LogP) is 4.27. The van der Waals surface area contributed by atoms with Crippen molar-refractivity contribution in [3.05, 3.63) is 53.6 Å². The zero-order chi connectivity index (χ0) is 17.9. The predicted molar refractivity (Wildman–Crippen MR) is 93.1 cm³/mol. The summed E-state index contributed by atoms with van der Waals surface area (Å²) in [7, 11) is 0. The third kappa shape index (κ3) is 4.06. The SMILES string of the molecule is CC(=O)N(c1ccc(Cl)cc1)c1ccc(OC(C)(C)C(=O)O)cc1. The van der Waals surface area contributed by atoms with E-state index in [1.54, 1.807) is 48.5 Å². The van der Waals surface area contributed by atoms with Gasteiger partial charge in [-0.15, -0.1) is 0 Å². The highest BCUT2D eigenvalue weighted by Crippen LogP contribution is 2.29. The minimum Gasteiger partial charge on any atom is -0.478 e. The van der Waals surface area contributed by atoms with E-state index in [4.69, 9.17) is 21.4 Å². The van der Waals surface area contributed by atoms with Crippen LogP contribution >= 0.6 is 11.6 Å². The van der Waals surface area contributed by atoms with Crippen molar-refractivity contribution in [2.45, 2.75) is 26.4 Å². The van der Waals surface area contributed by atoms with Crippen LogP contribution in [0.2, 0.25) is 5.02 Å². The summed E-state index contributed by atoms with van der Waals surface area (Å²) in [5.74, 6) is -0.805. The van der Waals surface area contributed by atoms with Gasteiger partial charge in [0.15, 0.2) is 5.60 Å². The summed E-state index contributed by atoms with van der Waals surface area (Å²) in [6.07, 6.45) is 0. The lowest BCUT2D eigenvalue weighted by Gasteiger charge is -2.24. The first kappa shape index (κ1) is 17.8. The molecule has 0 fully saturated rings. The monoisotopic (exact) mass is 347 g/mol. The van der Waals surface area contributed by atoms with Crippen molar-refractivity contribution in [1.29, 1.82) is 0 Å². The highest BCUT2D eigenvalue weighted by Gasteiger charge is 2.29. The van der Waals surface area contributed by atoms with Crippen LogP contribution in [0.1, 0.15) is 20.8 Å². The topological polar surface area (TPSA) is 66.8 Å². The number of hydrogen-bond donors (Lipinski definition) is 1. The molecule has 0 aliphatic rings. The second kappa shape index (κ2) is 6.93. The molecule has 5 nitrogen and oxygen atoms in total. The second-order valence-electron chi connectivity index (χ2n) is 5.74. The van der Waals surface area contributed by atoms with Gasteiger partial charge in [0.25, 0.3) is 0 Å². The standard InChI is InChI=1S/C18H18ClNO4/c1-12(21)20(14-6-4-13(19)5-7-14)15-8-10-16(11-9-15)24-18(2,3)17(22)23/h4-11H,1-3H3,(H,22,23). The van der Waals surface area contributed by atoms with Crippen LogP contribution in [0.3, 0.4) is 0 Å². The number of rotatable bonds is 5. The molecule has 2 aromatic carbocycles. The molecule has 126 valence electrons. The van der Waals surface area contributed by atoms with Gasteiger partial charge in [-0.05, 0) is 62.4 Å². The molecule has 1 amide bonds. The Kier molecular flexibility index (Phi) is 5.14. The van der Waals surface area contributed by atoms with Gasteiger partial charge in [0, 0.05) is 23.3 Å². The number of anilines is 2. The summed E-state index contributed by atoms with van der Waals surface area (Å²) in [4.78, 5) is 24.7. The molecule has 0 spiro atoms. The number of ether oxygens (including phenoxy) is 1. The van der Waals surface area contributed by atoms with Gasteiger partial charge < -0.3 is 9.84 Å². The van der Waals surface area contributed by atoms with Crippen LogP contribution in [0.25, 0.3) is 0 Å². The second-order valence-corrected chi connectivity index (χ2v) is 6.18. The average Bonchev–Trinajstić information content (AvgIpc) is 2.50. The Balaban J connectivity index is 2.28. The van der Waals surface area contributed by atoms with E-state index in [-0.39, 0.29) is 5.91 Å². The number of nitrogens with zero attached hydrogens (tertiary/aromatic N) is 1. The highest BCUT2D eigenvalue weighted by molar-refractivity contribution is 6.30. The number of carbonyl (C=O) groups is 2. The number of carboxylic acid groups (broad SMARTS) is 1. The molecule has 0 heterocycles. The molecular weight excluding hydrogens is 330 g/mol. The third-order valence-electron chi connectivity index (χ3n) is 3.38. The third-order valence-corrected chi connectivity index (χ3v) is 3.63. The molecule has 0 bridgehead atoms.